The Hall–Kier alpha value is -1.79. The summed E-state index contributed by atoms with van der Waals surface area (Å²) in [5.74, 6) is 0.737. The van der Waals surface area contributed by atoms with Crippen LogP contribution >= 0.6 is 11.8 Å². The lowest BCUT2D eigenvalue weighted by atomic mass is 10.1. The lowest BCUT2D eigenvalue weighted by Crippen LogP contribution is -2.36. The van der Waals surface area contributed by atoms with Gasteiger partial charge in [-0.2, -0.15) is 16.9 Å². The molecule has 0 aliphatic heterocycles. The highest BCUT2D eigenvalue weighted by Crippen LogP contribution is 2.16. The Morgan fingerprint density at radius 1 is 1.43 bits per heavy atom. The van der Waals surface area contributed by atoms with Gasteiger partial charge in [0.15, 0.2) is 0 Å². The summed E-state index contributed by atoms with van der Waals surface area (Å²) in [5.41, 5.74) is 7.69. The fraction of sp³-hybridized carbons (Fsp3) is 0.333. The van der Waals surface area contributed by atoms with Gasteiger partial charge in [0.2, 0.25) is 5.91 Å². The summed E-state index contributed by atoms with van der Waals surface area (Å²) in [7, 11) is 0. The number of hydrogen-bond acceptors (Lipinski definition) is 4. The summed E-state index contributed by atoms with van der Waals surface area (Å²) in [6.45, 7) is 0.615. The van der Waals surface area contributed by atoms with E-state index in [1.807, 2.05) is 47.5 Å². The Morgan fingerprint density at radius 3 is 2.95 bits per heavy atom. The highest BCUT2D eigenvalue weighted by Gasteiger charge is 2.14. The van der Waals surface area contributed by atoms with Crippen LogP contribution in [0.5, 0.6) is 0 Å². The molecular formula is C15H20N4OS. The van der Waals surface area contributed by atoms with Gasteiger partial charge in [0.25, 0.3) is 0 Å². The number of thioether (sulfide) groups is 1. The lowest BCUT2D eigenvalue weighted by Gasteiger charge is -2.14. The van der Waals surface area contributed by atoms with Gasteiger partial charge in [-0.05, 0) is 36.1 Å². The zero-order valence-electron chi connectivity index (χ0n) is 12.0. The first kappa shape index (κ1) is 15.6. The van der Waals surface area contributed by atoms with Crippen LogP contribution in [0.3, 0.4) is 0 Å². The van der Waals surface area contributed by atoms with Gasteiger partial charge in [0.05, 0.1) is 12.6 Å². The van der Waals surface area contributed by atoms with Gasteiger partial charge in [0, 0.05) is 18.1 Å². The Bertz CT molecular complexity index is 571. The molecule has 0 bridgehead atoms. The predicted molar refractivity (Wildman–Crippen MR) is 87.4 cm³/mol. The van der Waals surface area contributed by atoms with Crippen LogP contribution in [-0.2, 0) is 11.3 Å². The number of rotatable bonds is 7. The first-order chi connectivity index (χ1) is 10.2. The Morgan fingerprint density at radius 2 is 2.24 bits per heavy atom. The number of nitrogens with zero attached hydrogens (tertiary/aromatic N) is 2. The van der Waals surface area contributed by atoms with Crippen molar-refractivity contribution in [3.63, 3.8) is 0 Å². The van der Waals surface area contributed by atoms with Crippen LogP contribution in [0.2, 0.25) is 0 Å². The molecule has 2 rings (SSSR count). The molecular weight excluding hydrogens is 284 g/mol. The number of nitrogens with two attached hydrogens (primary N) is 1. The van der Waals surface area contributed by atoms with E-state index < -0.39 is 6.04 Å². The molecule has 21 heavy (non-hydrogen) atoms. The number of nitrogens with one attached hydrogen (secondary N) is 1. The third-order valence-electron chi connectivity index (χ3n) is 3.14. The van der Waals surface area contributed by atoms with Crippen molar-refractivity contribution in [1.29, 1.82) is 0 Å². The molecule has 1 aromatic carbocycles. The van der Waals surface area contributed by atoms with E-state index in [4.69, 9.17) is 5.73 Å². The van der Waals surface area contributed by atoms with Gasteiger partial charge in [-0.15, -0.1) is 0 Å². The molecule has 112 valence electrons. The quantitative estimate of drug-likeness (QED) is 0.820. The molecule has 0 saturated carbocycles. The van der Waals surface area contributed by atoms with Crippen LogP contribution in [0.25, 0.3) is 0 Å². The van der Waals surface area contributed by atoms with Gasteiger partial charge in [-0.25, -0.2) is 0 Å². The lowest BCUT2D eigenvalue weighted by molar-refractivity contribution is -0.117. The number of para-hydroxylation sites is 1. The summed E-state index contributed by atoms with van der Waals surface area (Å²) >= 11 is 1.69. The van der Waals surface area contributed by atoms with E-state index in [1.54, 1.807) is 18.0 Å². The topological polar surface area (TPSA) is 72.9 Å². The summed E-state index contributed by atoms with van der Waals surface area (Å²) in [6, 6.07) is 9.11. The minimum Gasteiger partial charge on any atom is -0.324 e. The van der Waals surface area contributed by atoms with Crippen molar-refractivity contribution in [2.45, 2.75) is 19.0 Å². The highest BCUT2D eigenvalue weighted by molar-refractivity contribution is 7.98. The third-order valence-corrected chi connectivity index (χ3v) is 3.78. The first-order valence-corrected chi connectivity index (χ1v) is 8.21. The van der Waals surface area contributed by atoms with Crippen molar-refractivity contribution in [1.82, 2.24) is 9.78 Å². The first-order valence-electron chi connectivity index (χ1n) is 6.81. The Kier molecular flexibility index (Phi) is 5.83. The van der Waals surface area contributed by atoms with Crippen LogP contribution < -0.4 is 11.1 Å². The van der Waals surface area contributed by atoms with Gasteiger partial charge in [-0.3, -0.25) is 9.48 Å². The maximum atomic E-state index is 12.1. The maximum absolute atomic E-state index is 12.1. The van der Waals surface area contributed by atoms with Gasteiger partial charge >= 0.3 is 0 Å². The molecule has 0 aliphatic carbocycles. The summed E-state index contributed by atoms with van der Waals surface area (Å²) in [6.07, 6.45) is 6.31. The van der Waals surface area contributed by atoms with Crippen molar-refractivity contribution in [2.75, 3.05) is 17.3 Å². The molecule has 2 aromatic rings. The number of carbonyl (C=O) groups excluding carboxylic acids is 1. The van der Waals surface area contributed by atoms with E-state index in [9.17, 15) is 4.79 Å². The second-order valence-corrected chi connectivity index (χ2v) is 5.72. The van der Waals surface area contributed by atoms with E-state index in [-0.39, 0.29) is 5.91 Å². The normalized spacial score (nSPS) is 12.1. The average molecular weight is 304 g/mol. The predicted octanol–water partition coefficient (Wildman–Crippen LogP) is 1.95. The van der Waals surface area contributed by atoms with Gasteiger partial charge < -0.3 is 11.1 Å². The van der Waals surface area contributed by atoms with Crippen LogP contribution in [0.1, 0.15) is 12.0 Å². The Labute approximate surface area is 128 Å². The molecule has 3 N–H and O–H groups in total. The number of amides is 1. The SMILES string of the molecule is CSCC[C@H](N)C(=O)Nc1ccccc1Cn1cccn1. The molecule has 0 radical (unpaired) electrons. The van der Waals surface area contributed by atoms with E-state index in [0.29, 0.717) is 13.0 Å². The number of carbonyl (C=O) groups is 1. The summed E-state index contributed by atoms with van der Waals surface area (Å²) in [5, 5.41) is 7.10. The van der Waals surface area contributed by atoms with Crippen LogP contribution in [0, 0.1) is 0 Å². The van der Waals surface area contributed by atoms with E-state index >= 15 is 0 Å². The van der Waals surface area contributed by atoms with Crippen molar-refractivity contribution >= 4 is 23.4 Å². The smallest absolute Gasteiger partial charge is 0.241 e. The zero-order valence-corrected chi connectivity index (χ0v) is 12.8. The fourth-order valence-electron chi connectivity index (χ4n) is 1.95. The largest absolute Gasteiger partial charge is 0.324 e. The minimum atomic E-state index is -0.477. The second-order valence-electron chi connectivity index (χ2n) is 4.74. The minimum absolute atomic E-state index is 0.142. The number of aromatic nitrogens is 2. The van der Waals surface area contributed by atoms with Gasteiger partial charge in [0.1, 0.15) is 0 Å². The molecule has 1 atom stereocenters. The van der Waals surface area contributed by atoms with E-state index in [0.717, 1.165) is 17.0 Å². The number of benzene rings is 1. The summed E-state index contributed by atoms with van der Waals surface area (Å²) in [4.78, 5) is 12.1. The van der Waals surface area contributed by atoms with Crippen LogP contribution in [-0.4, -0.2) is 33.7 Å². The molecule has 1 aromatic heterocycles. The van der Waals surface area contributed by atoms with Crippen molar-refractivity contribution < 1.29 is 4.79 Å². The molecule has 0 saturated heterocycles. The number of anilines is 1. The van der Waals surface area contributed by atoms with E-state index in [2.05, 4.69) is 10.4 Å². The highest BCUT2D eigenvalue weighted by atomic mass is 32.2. The van der Waals surface area contributed by atoms with Crippen LogP contribution in [0.4, 0.5) is 5.69 Å². The second kappa shape index (κ2) is 7.85. The van der Waals surface area contributed by atoms with E-state index in [1.165, 1.54) is 0 Å². The number of hydrogen-bond donors (Lipinski definition) is 2. The monoisotopic (exact) mass is 304 g/mol. The molecule has 5 nitrogen and oxygen atoms in total. The molecule has 0 spiro atoms. The molecule has 0 unspecified atom stereocenters. The van der Waals surface area contributed by atoms with Crippen molar-refractivity contribution in [2.24, 2.45) is 5.73 Å². The van der Waals surface area contributed by atoms with Crippen LogP contribution in [0.15, 0.2) is 42.7 Å². The third kappa shape index (κ3) is 4.61. The van der Waals surface area contributed by atoms with Crippen molar-refractivity contribution in [3.8, 4) is 0 Å². The molecule has 0 fully saturated rings. The summed E-state index contributed by atoms with van der Waals surface area (Å²) < 4.78 is 1.82. The zero-order chi connectivity index (χ0) is 15.1. The molecule has 1 heterocycles. The van der Waals surface area contributed by atoms with Gasteiger partial charge in [-0.1, -0.05) is 18.2 Å². The average Bonchev–Trinajstić information content (AvgIpc) is 2.99. The Balaban J connectivity index is 2.04. The standard InChI is InChI=1S/C15H20N4OS/c1-21-10-7-13(16)15(20)18-14-6-3-2-5-12(14)11-19-9-4-8-17-19/h2-6,8-9,13H,7,10-11,16H2,1H3,(H,18,20)/t13-/m0/s1. The molecule has 1 amide bonds. The molecule has 0 aliphatic rings. The molecule has 6 heteroatoms. The fourth-order valence-corrected chi connectivity index (χ4v) is 2.44. The van der Waals surface area contributed by atoms with Crippen molar-refractivity contribution in [3.05, 3.63) is 48.3 Å². The maximum Gasteiger partial charge on any atom is 0.241 e.